The minimum Gasteiger partial charge on any atom is -0.316 e. The molecule has 2 aromatic rings. The van der Waals surface area contributed by atoms with Crippen LogP contribution >= 0.6 is 0 Å². The summed E-state index contributed by atoms with van der Waals surface area (Å²) in [4.78, 5) is 1.63. The van der Waals surface area contributed by atoms with Crippen molar-refractivity contribution in [2.24, 2.45) is 5.92 Å². The first-order chi connectivity index (χ1) is 9.34. The van der Waals surface area contributed by atoms with Crippen molar-refractivity contribution in [3.05, 3.63) is 42.0 Å². The van der Waals surface area contributed by atoms with Gasteiger partial charge in [0.2, 0.25) is 0 Å². The van der Waals surface area contributed by atoms with Crippen LogP contribution in [0.1, 0.15) is 24.4 Å². The molecule has 0 saturated carbocycles. The summed E-state index contributed by atoms with van der Waals surface area (Å²) in [5, 5.41) is 15.4. The van der Waals surface area contributed by atoms with Crippen molar-refractivity contribution in [1.82, 2.24) is 25.5 Å². The second kappa shape index (κ2) is 5.44. The maximum atomic E-state index is 13.1. The molecule has 2 heterocycles. The Morgan fingerprint density at radius 3 is 2.79 bits per heavy atom. The van der Waals surface area contributed by atoms with Crippen molar-refractivity contribution < 1.29 is 4.39 Å². The molecule has 1 saturated heterocycles. The number of tetrazole rings is 1. The molecule has 6 heteroatoms. The van der Waals surface area contributed by atoms with E-state index in [1.165, 1.54) is 18.5 Å². The average Bonchev–Trinajstić information content (AvgIpc) is 2.96. The molecule has 19 heavy (non-hydrogen) atoms. The van der Waals surface area contributed by atoms with Crippen LogP contribution in [0.3, 0.4) is 0 Å². The van der Waals surface area contributed by atoms with E-state index in [9.17, 15) is 4.39 Å². The number of nitrogens with zero attached hydrogens (tertiary/aromatic N) is 4. The molecule has 0 spiro atoms. The highest BCUT2D eigenvalue weighted by Gasteiger charge is 2.28. The third-order valence-corrected chi connectivity index (χ3v) is 3.61. The second-order valence-electron chi connectivity index (χ2n) is 4.86. The highest BCUT2D eigenvalue weighted by Crippen LogP contribution is 2.29. The van der Waals surface area contributed by atoms with Crippen LogP contribution in [0.25, 0.3) is 0 Å². The van der Waals surface area contributed by atoms with Crippen LogP contribution in [-0.2, 0) is 0 Å². The van der Waals surface area contributed by atoms with Gasteiger partial charge in [-0.2, -0.15) is 4.80 Å². The van der Waals surface area contributed by atoms with Gasteiger partial charge in [-0.3, -0.25) is 0 Å². The van der Waals surface area contributed by atoms with Crippen LogP contribution in [-0.4, -0.2) is 33.3 Å². The number of piperidine rings is 1. The third kappa shape index (κ3) is 2.63. The van der Waals surface area contributed by atoms with Gasteiger partial charge in [-0.1, -0.05) is 12.1 Å². The summed E-state index contributed by atoms with van der Waals surface area (Å²) in [6.07, 6.45) is 3.68. The summed E-state index contributed by atoms with van der Waals surface area (Å²) >= 11 is 0. The summed E-state index contributed by atoms with van der Waals surface area (Å²) in [6, 6.07) is 6.58. The van der Waals surface area contributed by atoms with E-state index < -0.39 is 0 Å². The molecule has 0 amide bonds. The minimum atomic E-state index is -0.226. The van der Waals surface area contributed by atoms with Crippen LogP contribution in [0.2, 0.25) is 0 Å². The largest absolute Gasteiger partial charge is 0.316 e. The number of aromatic nitrogens is 4. The minimum absolute atomic E-state index is 0.0101. The Labute approximate surface area is 110 Å². The Bertz CT molecular complexity index is 504. The molecule has 5 nitrogen and oxygen atoms in total. The molecule has 0 radical (unpaired) electrons. The van der Waals surface area contributed by atoms with Crippen LogP contribution in [0.5, 0.6) is 0 Å². The zero-order valence-corrected chi connectivity index (χ0v) is 10.5. The quantitative estimate of drug-likeness (QED) is 0.907. The molecule has 100 valence electrons. The number of nitrogens with one attached hydrogen (secondary N) is 1. The summed E-state index contributed by atoms with van der Waals surface area (Å²) in [5.41, 5.74) is 1.02. The summed E-state index contributed by atoms with van der Waals surface area (Å²) in [7, 11) is 0. The first-order valence-corrected chi connectivity index (χ1v) is 6.53. The lowest BCUT2D eigenvalue weighted by atomic mass is 9.87. The highest BCUT2D eigenvalue weighted by atomic mass is 19.1. The summed E-state index contributed by atoms with van der Waals surface area (Å²) in [5.74, 6) is 0.171. The molecule has 0 bridgehead atoms. The SMILES string of the molecule is Fc1ccc([C@H](C2CCCNC2)n2ncnn2)cc1. The Balaban J connectivity index is 1.93. The molecule has 1 aliphatic heterocycles. The predicted molar refractivity (Wildman–Crippen MR) is 67.9 cm³/mol. The van der Waals surface area contributed by atoms with Gasteiger partial charge in [0.15, 0.2) is 6.33 Å². The van der Waals surface area contributed by atoms with Gasteiger partial charge in [-0.05, 0) is 48.2 Å². The van der Waals surface area contributed by atoms with E-state index >= 15 is 0 Å². The fourth-order valence-electron chi connectivity index (χ4n) is 2.70. The maximum absolute atomic E-state index is 13.1. The van der Waals surface area contributed by atoms with Gasteiger partial charge in [0.1, 0.15) is 11.9 Å². The van der Waals surface area contributed by atoms with Crippen molar-refractivity contribution in [3.63, 3.8) is 0 Å². The van der Waals surface area contributed by atoms with Gasteiger partial charge in [0, 0.05) is 6.54 Å². The molecule has 1 N–H and O–H groups in total. The van der Waals surface area contributed by atoms with Crippen molar-refractivity contribution in [2.45, 2.75) is 18.9 Å². The van der Waals surface area contributed by atoms with Gasteiger partial charge in [-0.15, -0.1) is 10.2 Å². The fraction of sp³-hybridized carbons (Fsp3) is 0.462. The van der Waals surface area contributed by atoms with E-state index in [0.29, 0.717) is 5.92 Å². The van der Waals surface area contributed by atoms with Crippen molar-refractivity contribution in [1.29, 1.82) is 0 Å². The molecular formula is C13H16FN5. The van der Waals surface area contributed by atoms with E-state index in [-0.39, 0.29) is 11.9 Å². The molecule has 1 fully saturated rings. The standard InChI is InChI=1S/C13H16FN5/c14-12-5-3-10(4-6-12)13(19-17-9-16-18-19)11-2-1-7-15-8-11/h3-6,9,11,13,15H,1-2,7-8H2/t11?,13-/m1/s1. The topological polar surface area (TPSA) is 55.6 Å². The van der Waals surface area contributed by atoms with E-state index in [1.54, 1.807) is 16.9 Å². The average molecular weight is 261 g/mol. The van der Waals surface area contributed by atoms with Crippen LogP contribution in [0, 0.1) is 11.7 Å². The molecule has 1 unspecified atom stereocenters. The van der Waals surface area contributed by atoms with Gasteiger partial charge in [0.25, 0.3) is 0 Å². The first-order valence-electron chi connectivity index (χ1n) is 6.53. The normalized spacial score (nSPS) is 21.2. The molecule has 1 aromatic carbocycles. The maximum Gasteiger partial charge on any atom is 0.162 e. The Morgan fingerprint density at radius 2 is 2.16 bits per heavy atom. The molecule has 2 atom stereocenters. The van der Waals surface area contributed by atoms with E-state index in [1.807, 2.05) is 0 Å². The highest BCUT2D eigenvalue weighted by molar-refractivity contribution is 5.21. The number of halogens is 1. The number of hydrogen-bond donors (Lipinski definition) is 1. The molecule has 0 aliphatic carbocycles. The van der Waals surface area contributed by atoms with Gasteiger partial charge in [-0.25, -0.2) is 4.39 Å². The Kier molecular flexibility index (Phi) is 3.50. The fourth-order valence-corrected chi connectivity index (χ4v) is 2.70. The van der Waals surface area contributed by atoms with E-state index in [4.69, 9.17) is 0 Å². The van der Waals surface area contributed by atoms with Crippen LogP contribution in [0.4, 0.5) is 4.39 Å². The van der Waals surface area contributed by atoms with Gasteiger partial charge in [0.05, 0.1) is 0 Å². The number of hydrogen-bond acceptors (Lipinski definition) is 4. The Hall–Kier alpha value is -1.82. The zero-order chi connectivity index (χ0) is 13.1. The first kappa shape index (κ1) is 12.2. The number of rotatable bonds is 3. The third-order valence-electron chi connectivity index (χ3n) is 3.61. The monoisotopic (exact) mass is 261 g/mol. The molecule has 1 aromatic heterocycles. The smallest absolute Gasteiger partial charge is 0.162 e. The summed E-state index contributed by atoms with van der Waals surface area (Å²) < 4.78 is 13.1. The molecule has 3 rings (SSSR count). The van der Waals surface area contributed by atoms with Gasteiger partial charge >= 0.3 is 0 Å². The van der Waals surface area contributed by atoms with Gasteiger partial charge < -0.3 is 5.32 Å². The van der Waals surface area contributed by atoms with Crippen molar-refractivity contribution in [3.8, 4) is 0 Å². The molecular weight excluding hydrogens is 245 g/mol. The van der Waals surface area contributed by atoms with Crippen LogP contribution in [0.15, 0.2) is 30.6 Å². The molecule has 1 aliphatic rings. The van der Waals surface area contributed by atoms with Crippen molar-refractivity contribution in [2.75, 3.05) is 13.1 Å². The summed E-state index contributed by atoms with van der Waals surface area (Å²) in [6.45, 7) is 1.97. The zero-order valence-electron chi connectivity index (χ0n) is 10.5. The second-order valence-corrected chi connectivity index (χ2v) is 4.86. The van der Waals surface area contributed by atoms with Crippen LogP contribution < -0.4 is 5.32 Å². The Morgan fingerprint density at radius 1 is 1.32 bits per heavy atom. The lowest BCUT2D eigenvalue weighted by Crippen LogP contribution is -2.36. The lowest BCUT2D eigenvalue weighted by Gasteiger charge is -2.30. The number of benzene rings is 1. The van der Waals surface area contributed by atoms with Crippen molar-refractivity contribution >= 4 is 0 Å². The van der Waals surface area contributed by atoms with E-state index in [2.05, 4.69) is 20.7 Å². The lowest BCUT2D eigenvalue weighted by molar-refractivity contribution is 0.261. The predicted octanol–water partition coefficient (Wildman–Crippen LogP) is 1.40. The van der Waals surface area contributed by atoms with E-state index in [0.717, 1.165) is 31.5 Å².